The number of rotatable bonds is 5. The van der Waals surface area contributed by atoms with Crippen LogP contribution in [0.5, 0.6) is 0 Å². The van der Waals surface area contributed by atoms with Crippen LogP contribution in [0.25, 0.3) is 11.2 Å². The minimum atomic E-state index is 0.372. The first-order chi connectivity index (χ1) is 14.7. The second-order valence-corrected chi connectivity index (χ2v) is 8.20. The second-order valence-electron chi connectivity index (χ2n) is 8.20. The number of fused-ring (bicyclic) bond motifs is 2. The molecular weight excluding hydrogens is 376 g/mol. The number of benzene rings is 1. The van der Waals surface area contributed by atoms with Crippen molar-refractivity contribution >= 4 is 29.1 Å². The van der Waals surface area contributed by atoms with E-state index in [0.717, 1.165) is 73.5 Å². The molecule has 7 nitrogen and oxygen atoms in total. The highest BCUT2D eigenvalue weighted by molar-refractivity contribution is 5.89. The highest BCUT2D eigenvalue weighted by Gasteiger charge is 2.28. The van der Waals surface area contributed by atoms with Crippen molar-refractivity contribution in [1.29, 1.82) is 0 Å². The minimum absolute atomic E-state index is 0.372. The zero-order valence-corrected chi connectivity index (χ0v) is 16.8. The average Bonchev–Trinajstić information content (AvgIpc) is 3.19. The van der Waals surface area contributed by atoms with Crippen LogP contribution in [0, 0.1) is 5.92 Å². The summed E-state index contributed by atoms with van der Waals surface area (Å²) in [5.74, 6) is 2.47. The average molecular weight is 403 g/mol. The Morgan fingerprint density at radius 2 is 2.07 bits per heavy atom. The molecule has 5 rings (SSSR count). The number of nitrogens with two attached hydrogens (primary N) is 1. The van der Waals surface area contributed by atoms with Crippen LogP contribution in [0.1, 0.15) is 48.7 Å². The number of nitrogens with zero attached hydrogens (tertiary/aromatic N) is 3. The van der Waals surface area contributed by atoms with Gasteiger partial charge in [-0.3, -0.25) is 9.20 Å². The first kappa shape index (κ1) is 18.7. The van der Waals surface area contributed by atoms with Gasteiger partial charge in [0.1, 0.15) is 22.9 Å². The standard InChI is InChI=1S/C23H26N6O/c24-22-21-20(19-10-9-16-3-1-2-4-18(16)27-19)28-23(29(21)12-11-26-22)17-7-5-15(6-8-17)13-25-14-30/h1-4,10-12,14-15,17,27H,5-9,13H2,(H2,24,26)(H,25,30). The van der Waals surface area contributed by atoms with Crippen molar-refractivity contribution in [2.24, 2.45) is 5.92 Å². The topological polar surface area (TPSA) is 97.3 Å². The molecule has 154 valence electrons. The summed E-state index contributed by atoms with van der Waals surface area (Å²) >= 11 is 0. The molecule has 3 aromatic rings. The number of nitrogen functional groups attached to an aromatic ring is 1. The molecule has 1 saturated carbocycles. The van der Waals surface area contributed by atoms with Crippen molar-refractivity contribution in [1.82, 2.24) is 19.7 Å². The number of hydrogen-bond acceptors (Lipinski definition) is 5. The van der Waals surface area contributed by atoms with Crippen molar-refractivity contribution in [3.05, 3.63) is 59.8 Å². The second kappa shape index (κ2) is 7.82. The molecule has 0 saturated heterocycles. The maximum absolute atomic E-state index is 10.6. The Balaban J connectivity index is 1.48. The van der Waals surface area contributed by atoms with Gasteiger partial charge in [-0.25, -0.2) is 9.97 Å². The molecule has 2 aromatic heterocycles. The van der Waals surface area contributed by atoms with E-state index in [-0.39, 0.29) is 0 Å². The Morgan fingerprint density at radius 1 is 1.23 bits per heavy atom. The summed E-state index contributed by atoms with van der Waals surface area (Å²) < 4.78 is 2.12. The number of amides is 1. The number of imidazole rings is 1. The SMILES string of the molecule is Nc1nccn2c(C3CCC(CNC=O)CC3)nc(C3=CCc4ccccc4N3)c12. The van der Waals surface area contributed by atoms with E-state index < -0.39 is 0 Å². The van der Waals surface area contributed by atoms with Crippen molar-refractivity contribution < 1.29 is 4.79 Å². The normalized spacial score (nSPS) is 20.9. The molecule has 2 aliphatic rings. The molecule has 1 aliphatic heterocycles. The highest BCUT2D eigenvalue weighted by atomic mass is 16.1. The van der Waals surface area contributed by atoms with Gasteiger partial charge in [-0.05, 0) is 49.7 Å². The van der Waals surface area contributed by atoms with Crippen LogP contribution < -0.4 is 16.4 Å². The monoisotopic (exact) mass is 402 g/mol. The summed E-state index contributed by atoms with van der Waals surface area (Å²) in [4.78, 5) is 20.0. The molecule has 3 heterocycles. The number of anilines is 2. The molecule has 0 spiro atoms. The fourth-order valence-electron chi connectivity index (χ4n) is 4.79. The fourth-order valence-corrected chi connectivity index (χ4v) is 4.79. The molecule has 7 heteroatoms. The van der Waals surface area contributed by atoms with Crippen LogP contribution in [0.4, 0.5) is 11.5 Å². The number of hydrogen-bond donors (Lipinski definition) is 3. The summed E-state index contributed by atoms with van der Waals surface area (Å²) in [6.07, 6.45) is 11.8. The van der Waals surface area contributed by atoms with E-state index >= 15 is 0 Å². The summed E-state index contributed by atoms with van der Waals surface area (Å²) in [5.41, 5.74) is 11.4. The van der Waals surface area contributed by atoms with Gasteiger partial charge in [0.2, 0.25) is 6.41 Å². The number of nitrogens with one attached hydrogen (secondary N) is 2. The van der Waals surface area contributed by atoms with Crippen LogP contribution in [-0.2, 0) is 11.2 Å². The predicted molar refractivity (Wildman–Crippen MR) is 118 cm³/mol. The third kappa shape index (κ3) is 3.30. The molecule has 0 unspecified atom stereocenters. The third-order valence-electron chi connectivity index (χ3n) is 6.38. The molecule has 1 aromatic carbocycles. The van der Waals surface area contributed by atoms with Gasteiger partial charge in [0.05, 0.1) is 5.70 Å². The van der Waals surface area contributed by atoms with Crippen molar-refractivity contribution in [2.45, 2.75) is 38.0 Å². The van der Waals surface area contributed by atoms with E-state index in [1.165, 1.54) is 5.56 Å². The van der Waals surface area contributed by atoms with Crippen molar-refractivity contribution in [2.75, 3.05) is 17.6 Å². The molecule has 1 aliphatic carbocycles. The van der Waals surface area contributed by atoms with Gasteiger partial charge in [-0.2, -0.15) is 0 Å². The first-order valence-electron chi connectivity index (χ1n) is 10.6. The molecule has 4 N–H and O–H groups in total. The van der Waals surface area contributed by atoms with Crippen LogP contribution in [0.3, 0.4) is 0 Å². The number of carbonyl (C=O) groups excluding carboxylic acids is 1. The van der Waals surface area contributed by atoms with Crippen LogP contribution in [0.2, 0.25) is 0 Å². The highest BCUT2D eigenvalue weighted by Crippen LogP contribution is 2.38. The number of carbonyl (C=O) groups is 1. The summed E-state index contributed by atoms with van der Waals surface area (Å²) in [6.45, 7) is 0.761. The number of aromatic nitrogens is 3. The maximum atomic E-state index is 10.6. The van der Waals surface area contributed by atoms with Gasteiger partial charge < -0.3 is 16.4 Å². The molecule has 0 radical (unpaired) electrons. The van der Waals surface area contributed by atoms with E-state index in [9.17, 15) is 4.79 Å². The van der Waals surface area contributed by atoms with Crippen LogP contribution in [0.15, 0.2) is 42.7 Å². The summed E-state index contributed by atoms with van der Waals surface area (Å²) in [5, 5.41) is 6.36. The summed E-state index contributed by atoms with van der Waals surface area (Å²) in [7, 11) is 0. The van der Waals surface area contributed by atoms with Gasteiger partial charge in [0.15, 0.2) is 0 Å². The minimum Gasteiger partial charge on any atom is -0.382 e. The summed E-state index contributed by atoms with van der Waals surface area (Å²) in [6, 6.07) is 8.34. The van der Waals surface area contributed by atoms with Gasteiger partial charge in [0, 0.05) is 30.5 Å². The van der Waals surface area contributed by atoms with E-state index in [1.54, 1.807) is 6.20 Å². The van der Waals surface area contributed by atoms with Crippen molar-refractivity contribution in [3.63, 3.8) is 0 Å². The smallest absolute Gasteiger partial charge is 0.207 e. The van der Waals surface area contributed by atoms with Gasteiger partial charge in [-0.15, -0.1) is 0 Å². The molecular formula is C23H26N6O. The van der Waals surface area contributed by atoms with E-state index in [1.807, 2.05) is 12.3 Å². The molecule has 0 atom stereocenters. The lowest BCUT2D eigenvalue weighted by molar-refractivity contribution is -0.109. The van der Waals surface area contributed by atoms with Gasteiger partial charge in [-0.1, -0.05) is 24.3 Å². The fraction of sp³-hybridized carbons (Fsp3) is 0.348. The Hall–Kier alpha value is -3.35. The van der Waals surface area contributed by atoms with Crippen LogP contribution >= 0.6 is 0 Å². The number of para-hydroxylation sites is 1. The Bertz CT molecular complexity index is 1110. The lowest BCUT2D eigenvalue weighted by Crippen LogP contribution is -2.25. The number of allylic oxidation sites excluding steroid dienone is 1. The molecule has 1 amide bonds. The van der Waals surface area contributed by atoms with Crippen LogP contribution in [-0.4, -0.2) is 27.3 Å². The van der Waals surface area contributed by atoms with E-state index in [4.69, 9.17) is 10.7 Å². The predicted octanol–water partition coefficient (Wildman–Crippen LogP) is 3.34. The quantitative estimate of drug-likeness (QED) is 0.569. The third-order valence-corrected chi connectivity index (χ3v) is 6.38. The van der Waals surface area contributed by atoms with Crippen molar-refractivity contribution in [3.8, 4) is 0 Å². The lowest BCUT2D eigenvalue weighted by atomic mass is 9.81. The Labute approximate surface area is 175 Å². The largest absolute Gasteiger partial charge is 0.382 e. The Kier molecular flexibility index (Phi) is 4.86. The van der Waals surface area contributed by atoms with E-state index in [0.29, 0.717) is 17.7 Å². The van der Waals surface area contributed by atoms with E-state index in [2.05, 4.69) is 44.3 Å². The van der Waals surface area contributed by atoms with Gasteiger partial charge >= 0.3 is 0 Å². The first-order valence-corrected chi connectivity index (χ1v) is 10.6. The maximum Gasteiger partial charge on any atom is 0.207 e. The molecule has 0 bridgehead atoms. The molecule has 30 heavy (non-hydrogen) atoms. The Morgan fingerprint density at radius 3 is 2.90 bits per heavy atom. The lowest BCUT2D eigenvalue weighted by Gasteiger charge is -2.27. The zero-order valence-electron chi connectivity index (χ0n) is 16.8. The molecule has 1 fully saturated rings. The van der Waals surface area contributed by atoms with Gasteiger partial charge in [0.25, 0.3) is 0 Å². The zero-order chi connectivity index (χ0) is 20.5.